The van der Waals surface area contributed by atoms with Crippen molar-refractivity contribution in [1.82, 2.24) is 14.5 Å². The molecule has 0 bridgehead atoms. The van der Waals surface area contributed by atoms with E-state index in [1.165, 1.54) is 5.56 Å². The number of fused-ring (bicyclic) bond motifs is 4. The van der Waals surface area contributed by atoms with Gasteiger partial charge < -0.3 is 10.0 Å². The third-order valence-corrected chi connectivity index (χ3v) is 7.05. The van der Waals surface area contributed by atoms with Crippen molar-refractivity contribution >= 4 is 45.3 Å². The quantitative estimate of drug-likeness (QED) is 0.308. The highest BCUT2D eigenvalue weighted by atomic mass is 16.4. The molecule has 0 aliphatic heterocycles. The summed E-state index contributed by atoms with van der Waals surface area (Å²) in [7, 11) is -1.54. The number of para-hydroxylation sites is 2. The van der Waals surface area contributed by atoms with Crippen LogP contribution in [0.25, 0.3) is 61.0 Å². The molecule has 0 amide bonds. The number of hydrogen-bond acceptors (Lipinski definition) is 4. The summed E-state index contributed by atoms with van der Waals surface area (Å²) in [4.78, 5) is 10.1. The summed E-state index contributed by atoms with van der Waals surface area (Å²) >= 11 is 0. The zero-order valence-corrected chi connectivity index (χ0v) is 20.4. The molecule has 0 radical (unpaired) electrons. The molecule has 7 aromatic rings. The van der Waals surface area contributed by atoms with E-state index in [0.717, 1.165) is 49.5 Å². The van der Waals surface area contributed by atoms with Crippen molar-refractivity contribution in [1.29, 1.82) is 0 Å². The number of rotatable bonds is 4. The maximum atomic E-state index is 9.78. The van der Waals surface area contributed by atoms with Crippen molar-refractivity contribution in [3.63, 3.8) is 0 Å². The average Bonchev–Trinajstić information content (AvgIpc) is 3.31. The fraction of sp³-hybridized carbons (Fsp3) is 0. The second kappa shape index (κ2) is 8.96. The summed E-state index contributed by atoms with van der Waals surface area (Å²) in [5, 5.41) is 22.4. The first-order valence-corrected chi connectivity index (χ1v) is 12.5. The lowest BCUT2D eigenvalue weighted by Crippen LogP contribution is -2.29. The van der Waals surface area contributed by atoms with E-state index in [-0.39, 0.29) is 0 Å². The molecule has 6 heteroatoms. The second-order valence-electron chi connectivity index (χ2n) is 9.34. The van der Waals surface area contributed by atoms with Crippen LogP contribution in [-0.4, -0.2) is 31.7 Å². The average molecular weight is 491 g/mol. The number of benzene rings is 5. The van der Waals surface area contributed by atoms with Crippen LogP contribution in [0.3, 0.4) is 0 Å². The molecule has 0 fully saturated rings. The summed E-state index contributed by atoms with van der Waals surface area (Å²) < 4.78 is 2.05. The summed E-state index contributed by atoms with van der Waals surface area (Å²) in [6, 6.07) is 40.4. The maximum absolute atomic E-state index is 9.78. The molecule has 180 valence electrons. The van der Waals surface area contributed by atoms with Gasteiger partial charge in [-0.25, -0.2) is 9.97 Å². The normalized spacial score (nSPS) is 11.4. The van der Waals surface area contributed by atoms with Crippen LogP contribution >= 0.6 is 0 Å². The highest BCUT2D eigenvalue weighted by Crippen LogP contribution is 2.33. The Labute approximate surface area is 219 Å². The van der Waals surface area contributed by atoms with Crippen LogP contribution in [0.15, 0.2) is 121 Å². The Kier molecular flexibility index (Phi) is 5.29. The van der Waals surface area contributed by atoms with Gasteiger partial charge in [0, 0.05) is 21.7 Å². The lowest BCUT2D eigenvalue weighted by molar-refractivity contribution is 0.426. The predicted octanol–water partition coefficient (Wildman–Crippen LogP) is 5.74. The minimum Gasteiger partial charge on any atom is -0.423 e. The van der Waals surface area contributed by atoms with Crippen LogP contribution in [0.5, 0.6) is 0 Å². The van der Waals surface area contributed by atoms with Gasteiger partial charge in [0.25, 0.3) is 0 Å². The SMILES string of the molecule is OB(O)c1ccc2c(c1)c1ccccc1n2-c1nc(-c2ccc(-c3ccccc3)cc2)c2ccccc2n1. The highest BCUT2D eigenvalue weighted by molar-refractivity contribution is 6.59. The largest absolute Gasteiger partial charge is 0.488 e. The molecule has 2 aromatic heterocycles. The fourth-order valence-electron chi connectivity index (χ4n) is 5.20. The molecule has 0 aliphatic carbocycles. The summed E-state index contributed by atoms with van der Waals surface area (Å²) in [6.07, 6.45) is 0. The minimum absolute atomic E-state index is 0.444. The maximum Gasteiger partial charge on any atom is 0.488 e. The van der Waals surface area contributed by atoms with E-state index in [0.29, 0.717) is 11.4 Å². The first-order valence-electron chi connectivity index (χ1n) is 12.5. The lowest BCUT2D eigenvalue weighted by Gasteiger charge is -2.12. The lowest BCUT2D eigenvalue weighted by atomic mass is 9.80. The summed E-state index contributed by atoms with van der Waals surface area (Å²) in [5.41, 5.74) is 7.34. The van der Waals surface area contributed by atoms with Crippen LogP contribution in [0.1, 0.15) is 0 Å². The first kappa shape index (κ1) is 22.4. The van der Waals surface area contributed by atoms with Crippen LogP contribution in [0.2, 0.25) is 0 Å². The third kappa shape index (κ3) is 3.66. The van der Waals surface area contributed by atoms with E-state index in [4.69, 9.17) is 9.97 Å². The molecule has 5 nitrogen and oxygen atoms in total. The van der Waals surface area contributed by atoms with Gasteiger partial charge >= 0.3 is 7.12 Å². The zero-order valence-electron chi connectivity index (χ0n) is 20.4. The van der Waals surface area contributed by atoms with Crippen molar-refractivity contribution in [2.75, 3.05) is 0 Å². The van der Waals surface area contributed by atoms with E-state index >= 15 is 0 Å². The minimum atomic E-state index is -1.54. The van der Waals surface area contributed by atoms with Crippen molar-refractivity contribution in [3.05, 3.63) is 121 Å². The molecule has 0 spiro atoms. The Bertz CT molecular complexity index is 1950. The van der Waals surface area contributed by atoms with Gasteiger partial charge in [-0.05, 0) is 34.8 Å². The molecule has 0 saturated heterocycles. The van der Waals surface area contributed by atoms with Crippen molar-refractivity contribution in [3.8, 4) is 28.3 Å². The number of nitrogens with zero attached hydrogens (tertiary/aromatic N) is 3. The van der Waals surface area contributed by atoms with Gasteiger partial charge in [0.2, 0.25) is 5.95 Å². The number of hydrogen-bond donors (Lipinski definition) is 2. The molecule has 0 aliphatic rings. The molecule has 7 rings (SSSR count). The van der Waals surface area contributed by atoms with E-state index in [1.54, 1.807) is 6.07 Å². The van der Waals surface area contributed by atoms with Gasteiger partial charge in [0.1, 0.15) is 0 Å². The van der Waals surface area contributed by atoms with Crippen LogP contribution in [0, 0.1) is 0 Å². The Morgan fingerprint density at radius 3 is 1.95 bits per heavy atom. The second-order valence-corrected chi connectivity index (χ2v) is 9.34. The molecule has 0 saturated carbocycles. The standard InChI is InChI=1S/C32H22BN3O2/c37-33(38)24-18-19-30-27(20-24)25-10-5-7-13-29(25)36(30)32-34-28-12-6-4-11-26(28)31(35-32)23-16-14-22(15-17-23)21-8-2-1-3-9-21/h1-20,37-38H. The molecule has 2 heterocycles. The molecule has 0 atom stereocenters. The Hall–Kier alpha value is -4.78. The van der Waals surface area contributed by atoms with Gasteiger partial charge in [0.05, 0.1) is 22.2 Å². The summed E-state index contributed by atoms with van der Waals surface area (Å²) in [5.74, 6) is 0.564. The van der Waals surface area contributed by atoms with E-state index in [9.17, 15) is 10.0 Å². The van der Waals surface area contributed by atoms with Gasteiger partial charge in [-0.15, -0.1) is 0 Å². The molecule has 2 N–H and O–H groups in total. The Morgan fingerprint density at radius 2 is 1.16 bits per heavy atom. The Balaban J connectivity index is 1.46. The predicted molar refractivity (Wildman–Crippen MR) is 155 cm³/mol. The van der Waals surface area contributed by atoms with E-state index in [1.807, 2.05) is 77.4 Å². The van der Waals surface area contributed by atoms with Gasteiger partial charge in [-0.1, -0.05) is 103 Å². The van der Waals surface area contributed by atoms with Crippen LogP contribution in [0.4, 0.5) is 0 Å². The first-order chi connectivity index (χ1) is 18.7. The molecule has 0 unspecified atom stereocenters. The van der Waals surface area contributed by atoms with Gasteiger partial charge in [-0.2, -0.15) is 0 Å². The third-order valence-electron chi connectivity index (χ3n) is 7.05. The topological polar surface area (TPSA) is 71.2 Å². The highest BCUT2D eigenvalue weighted by Gasteiger charge is 2.19. The number of aromatic nitrogens is 3. The van der Waals surface area contributed by atoms with Crippen molar-refractivity contribution in [2.24, 2.45) is 0 Å². The molecular weight excluding hydrogens is 469 g/mol. The van der Waals surface area contributed by atoms with Crippen molar-refractivity contribution in [2.45, 2.75) is 0 Å². The van der Waals surface area contributed by atoms with E-state index in [2.05, 4.69) is 42.5 Å². The summed E-state index contributed by atoms with van der Waals surface area (Å²) in [6.45, 7) is 0. The Morgan fingerprint density at radius 1 is 0.526 bits per heavy atom. The molecule has 5 aromatic carbocycles. The zero-order chi connectivity index (χ0) is 25.6. The van der Waals surface area contributed by atoms with Gasteiger partial charge in [0.15, 0.2) is 0 Å². The smallest absolute Gasteiger partial charge is 0.423 e. The van der Waals surface area contributed by atoms with Crippen LogP contribution in [-0.2, 0) is 0 Å². The van der Waals surface area contributed by atoms with Crippen molar-refractivity contribution < 1.29 is 10.0 Å². The van der Waals surface area contributed by atoms with E-state index < -0.39 is 7.12 Å². The fourth-order valence-corrected chi connectivity index (χ4v) is 5.20. The molecule has 38 heavy (non-hydrogen) atoms. The molecular formula is C32H22BN3O2. The van der Waals surface area contributed by atoms with Gasteiger partial charge in [-0.3, -0.25) is 4.57 Å². The monoisotopic (exact) mass is 491 g/mol. The van der Waals surface area contributed by atoms with Crippen LogP contribution < -0.4 is 5.46 Å².